The van der Waals surface area contributed by atoms with Gasteiger partial charge in [-0.05, 0) is 32.4 Å². The number of nitrogens with zero attached hydrogens (tertiary/aromatic N) is 3. The van der Waals surface area contributed by atoms with Crippen LogP contribution in [0.1, 0.15) is 36.8 Å². The lowest BCUT2D eigenvalue weighted by Crippen LogP contribution is -2.39. The van der Waals surface area contributed by atoms with E-state index in [0.29, 0.717) is 22.4 Å². The largest absolute Gasteiger partial charge is 0.458 e. The van der Waals surface area contributed by atoms with Gasteiger partial charge in [-0.25, -0.2) is 18.5 Å². The molecule has 0 saturated carbocycles. The minimum absolute atomic E-state index is 0.0150. The van der Waals surface area contributed by atoms with Gasteiger partial charge in [-0.3, -0.25) is 4.79 Å². The van der Waals surface area contributed by atoms with Crippen molar-refractivity contribution in [3.63, 3.8) is 0 Å². The van der Waals surface area contributed by atoms with Crippen LogP contribution in [-0.2, 0) is 23.0 Å². The summed E-state index contributed by atoms with van der Waals surface area (Å²) in [7, 11) is 1.47. The first-order valence-corrected chi connectivity index (χ1v) is 9.16. The Kier molecular flexibility index (Phi) is 7.33. The third-order valence-electron chi connectivity index (χ3n) is 3.93. The summed E-state index contributed by atoms with van der Waals surface area (Å²) in [5, 5.41) is 3.48. The third-order valence-corrected chi connectivity index (χ3v) is 4.25. The van der Waals surface area contributed by atoms with E-state index in [-0.39, 0.29) is 23.8 Å². The second-order valence-electron chi connectivity index (χ2n) is 6.30. The summed E-state index contributed by atoms with van der Waals surface area (Å²) in [5.41, 5.74) is -0.842. The highest BCUT2D eigenvalue weighted by molar-refractivity contribution is 6.33. The van der Waals surface area contributed by atoms with Gasteiger partial charge in [-0.2, -0.15) is 0 Å². The van der Waals surface area contributed by atoms with Gasteiger partial charge >= 0.3 is 11.7 Å². The summed E-state index contributed by atoms with van der Waals surface area (Å²) >= 11 is 5.96. The van der Waals surface area contributed by atoms with Crippen LogP contribution in [0.25, 0.3) is 5.69 Å². The molecule has 0 unspecified atom stereocenters. The SMILES string of the molecule is CCc1cc(=O)n(-c2cc(C(=O)OCCON=C(C)C)c(Cl)cc2F)c(=O)n1C. The Morgan fingerprint density at radius 3 is 2.52 bits per heavy atom. The quantitative estimate of drug-likeness (QED) is 0.294. The molecular formula is C19H21ClFN3O5. The van der Waals surface area contributed by atoms with Crippen LogP contribution in [0, 0.1) is 5.82 Å². The van der Waals surface area contributed by atoms with E-state index in [1.807, 2.05) is 0 Å². The van der Waals surface area contributed by atoms with Crippen molar-refractivity contribution < 1.29 is 18.8 Å². The van der Waals surface area contributed by atoms with Crippen LogP contribution >= 0.6 is 11.6 Å². The molecule has 1 heterocycles. The molecule has 156 valence electrons. The number of oxime groups is 1. The van der Waals surface area contributed by atoms with Crippen molar-refractivity contribution in [2.24, 2.45) is 12.2 Å². The van der Waals surface area contributed by atoms with Crippen molar-refractivity contribution in [2.45, 2.75) is 27.2 Å². The summed E-state index contributed by atoms with van der Waals surface area (Å²) in [5.74, 6) is -1.78. The summed E-state index contributed by atoms with van der Waals surface area (Å²) in [6.45, 7) is 5.16. The van der Waals surface area contributed by atoms with Gasteiger partial charge in [0.2, 0.25) is 0 Å². The molecule has 0 aliphatic carbocycles. The highest BCUT2D eigenvalue weighted by atomic mass is 35.5. The predicted octanol–water partition coefficient (Wildman–Crippen LogP) is 2.46. The maximum atomic E-state index is 14.5. The van der Waals surface area contributed by atoms with E-state index in [4.69, 9.17) is 21.2 Å². The average Bonchev–Trinajstić information content (AvgIpc) is 2.65. The molecule has 0 radical (unpaired) electrons. The number of ether oxygens (including phenoxy) is 1. The molecule has 8 nitrogen and oxygen atoms in total. The first kappa shape index (κ1) is 22.4. The number of rotatable bonds is 7. The van der Waals surface area contributed by atoms with Crippen molar-refractivity contribution in [2.75, 3.05) is 13.2 Å². The number of carbonyl (C=O) groups excluding carboxylic acids is 1. The summed E-state index contributed by atoms with van der Waals surface area (Å²) in [6, 6.07) is 3.11. The lowest BCUT2D eigenvalue weighted by molar-refractivity contribution is 0.0328. The maximum Gasteiger partial charge on any atom is 0.339 e. The zero-order valence-corrected chi connectivity index (χ0v) is 17.2. The van der Waals surface area contributed by atoms with E-state index in [0.717, 1.165) is 12.1 Å². The van der Waals surface area contributed by atoms with E-state index in [1.165, 1.54) is 17.7 Å². The fraction of sp³-hybridized carbons (Fsp3) is 0.368. The number of hydrogen-bond acceptors (Lipinski definition) is 6. The monoisotopic (exact) mass is 425 g/mol. The van der Waals surface area contributed by atoms with Crippen molar-refractivity contribution in [1.82, 2.24) is 9.13 Å². The smallest absolute Gasteiger partial charge is 0.339 e. The normalized spacial score (nSPS) is 10.6. The lowest BCUT2D eigenvalue weighted by Gasteiger charge is -2.13. The molecule has 0 fully saturated rings. The molecule has 29 heavy (non-hydrogen) atoms. The maximum absolute atomic E-state index is 14.5. The molecule has 10 heteroatoms. The first-order chi connectivity index (χ1) is 13.7. The van der Waals surface area contributed by atoms with Gasteiger partial charge in [0.1, 0.15) is 12.4 Å². The number of carbonyl (C=O) groups is 1. The number of aromatic nitrogens is 2. The van der Waals surface area contributed by atoms with Crippen LogP contribution < -0.4 is 11.2 Å². The molecule has 1 aromatic heterocycles. The molecule has 0 aliphatic rings. The standard InChI is InChI=1S/C19H21ClFN3O5/c1-5-12-8-17(25)24(19(27)23(12)4)16-9-13(14(20)10-15(16)21)18(26)28-6-7-29-22-11(2)3/h8-10H,5-7H2,1-4H3. The summed E-state index contributed by atoms with van der Waals surface area (Å²) in [4.78, 5) is 42.2. The predicted molar refractivity (Wildman–Crippen MR) is 107 cm³/mol. The Morgan fingerprint density at radius 2 is 1.90 bits per heavy atom. The number of halogens is 2. The van der Waals surface area contributed by atoms with Crippen molar-refractivity contribution >= 4 is 23.3 Å². The minimum Gasteiger partial charge on any atom is -0.458 e. The molecule has 0 amide bonds. The summed E-state index contributed by atoms with van der Waals surface area (Å²) in [6.07, 6.45) is 0.451. The van der Waals surface area contributed by atoms with E-state index in [9.17, 15) is 18.8 Å². The Morgan fingerprint density at radius 1 is 1.21 bits per heavy atom. The highest BCUT2D eigenvalue weighted by Gasteiger charge is 2.20. The van der Waals surface area contributed by atoms with E-state index in [2.05, 4.69) is 5.16 Å². The molecule has 1 aromatic carbocycles. The van der Waals surface area contributed by atoms with Gasteiger partial charge in [-0.15, -0.1) is 0 Å². The fourth-order valence-electron chi connectivity index (χ4n) is 2.52. The zero-order chi connectivity index (χ0) is 21.7. The molecule has 0 spiro atoms. The second kappa shape index (κ2) is 9.51. The molecule has 2 rings (SSSR count). The van der Waals surface area contributed by atoms with E-state index >= 15 is 0 Å². The Labute approximate surface area is 171 Å². The lowest BCUT2D eigenvalue weighted by atomic mass is 10.2. The fourth-order valence-corrected chi connectivity index (χ4v) is 2.75. The van der Waals surface area contributed by atoms with E-state index < -0.39 is 28.7 Å². The van der Waals surface area contributed by atoms with Crippen LogP contribution in [0.4, 0.5) is 4.39 Å². The molecule has 0 aliphatic heterocycles. The van der Waals surface area contributed by atoms with Crippen LogP contribution in [0.5, 0.6) is 0 Å². The van der Waals surface area contributed by atoms with Crippen molar-refractivity contribution in [3.8, 4) is 5.69 Å². The van der Waals surface area contributed by atoms with Crippen LogP contribution in [0.3, 0.4) is 0 Å². The summed E-state index contributed by atoms with van der Waals surface area (Å²) < 4.78 is 21.4. The Hall–Kier alpha value is -2.94. The van der Waals surface area contributed by atoms with Crippen LogP contribution in [-0.4, -0.2) is 34.0 Å². The molecule has 0 atom stereocenters. The Bertz CT molecular complexity index is 1070. The van der Waals surface area contributed by atoms with Crippen molar-refractivity contribution in [1.29, 1.82) is 0 Å². The van der Waals surface area contributed by atoms with Gasteiger partial charge < -0.3 is 14.1 Å². The number of hydrogen-bond donors (Lipinski definition) is 0. The first-order valence-electron chi connectivity index (χ1n) is 8.79. The van der Waals surface area contributed by atoms with Crippen LogP contribution in [0.15, 0.2) is 32.9 Å². The molecule has 0 N–H and O–H groups in total. The molecular weight excluding hydrogens is 405 g/mol. The van der Waals surface area contributed by atoms with Gasteiger partial charge in [-0.1, -0.05) is 23.7 Å². The van der Waals surface area contributed by atoms with Gasteiger partial charge in [0.15, 0.2) is 6.61 Å². The minimum atomic E-state index is -0.925. The van der Waals surface area contributed by atoms with E-state index in [1.54, 1.807) is 20.8 Å². The van der Waals surface area contributed by atoms with Gasteiger partial charge in [0.25, 0.3) is 5.56 Å². The van der Waals surface area contributed by atoms with Gasteiger partial charge in [0.05, 0.1) is 22.0 Å². The van der Waals surface area contributed by atoms with Gasteiger partial charge in [0, 0.05) is 18.8 Å². The molecule has 2 aromatic rings. The molecule has 0 saturated heterocycles. The highest BCUT2D eigenvalue weighted by Crippen LogP contribution is 2.23. The topological polar surface area (TPSA) is 91.9 Å². The number of benzene rings is 1. The second-order valence-corrected chi connectivity index (χ2v) is 6.70. The zero-order valence-electron chi connectivity index (χ0n) is 16.5. The average molecular weight is 426 g/mol. The van der Waals surface area contributed by atoms with Crippen molar-refractivity contribution in [3.05, 3.63) is 61.1 Å². The Balaban J connectivity index is 2.39. The third kappa shape index (κ3) is 5.11. The van der Waals surface area contributed by atoms with Crippen LogP contribution in [0.2, 0.25) is 5.02 Å². The number of aryl methyl sites for hydroxylation is 1. The number of esters is 1. The molecule has 0 bridgehead atoms.